The van der Waals surface area contributed by atoms with Gasteiger partial charge in [-0.25, -0.2) is 9.97 Å². The minimum Gasteiger partial charge on any atom is -0.365 e. The number of hydrogen-bond donors (Lipinski definition) is 4. The van der Waals surface area contributed by atoms with Crippen LogP contribution in [0.3, 0.4) is 0 Å². The lowest BCUT2D eigenvalue weighted by Gasteiger charge is -2.26. The van der Waals surface area contributed by atoms with Gasteiger partial charge in [-0.3, -0.25) is 10.2 Å². The molecule has 7 nitrogen and oxygen atoms in total. The van der Waals surface area contributed by atoms with Crippen LogP contribution in [0.1, 0.15) is 54.7 Å². The number of benzene rings is 1. The number of carbonyl (C=O) groups excluding carboxylic acids is 1. The van der Waals surface area contributed by atoms with Gasteiger partial charge in [-0.2, -0.15) is 0 Å². The molecule has 0 spiro atoms. The van der Waals surface area contributed by atoms with Crippen LogP contribution < -0.4 is 10.6 Å². The van der Waals surface area contributed by atoms with Crippen LogP contribution in [0.25, 0.3) is 5.57 Å². The average molecular weight is 421 g/mol. The van der Waals surface area contributed by atoms with Crippen LogP contribution >= 0.6 is 11.8 Å². The predicted octanol–water partition coefficient (Wildman–Crippen LogP) is 4.27. The summed E-state index contributed by atoms with van der Waals surface area (Å²) in [6.45, 7) is 4.11. The van der Waals surface area contributed by atoms with Crippen molar-refractivity contribution in [1.82, 2.24) is 15.3 Å². The summed E-state index contributed by atoms with van der Waals surface area (Å²) in [7, 11) is 0. The van der Waals surface area contributed by atoms with Crippen molar-refractivity contribution >= 4 is 39.8 Å². The highest BCUT2D eigenvalue weighted by molar-refractivity contribution is 8.15. The largest absolute Gasteiger partial charge is 0.365 e. The van der Waals surface area contributed by atoms with E-state index in [9.17, 15) is 4.79 Å². The molecule has 2 heterocycles. The maximum atomic E-state index is 12.2. The molecule has 0 unspecified atom stereocenters. The molecule has 1 fully saturated rings. The molecular weight excluding hydrogens is 396 g/mol. The Bertz CT molecular complexity index is 1060. The van der Waals surface area contributed by atoms with Crippen molar-refractivity contribution in [2.75, 3.05) is 5.32 Å². The van der Waals surface area contributed by atoms with E-state index in [2.05, 4.69) is 20.6 Å². The van der Waals surface area contributed by atoms with E-state index in [-0.39, 0.29) is 5.91 Å². The molecule has 1 amide bonds. The summed E-state index contributed by atoms with van der Waals surface area (Å²) < 4.78 is 0. The third-order valence-electron chi connectivity index (χ3n) is 5.53. The van der Waals surface area contributed by atoms with Crippen molar-refractivity contribution in [1.29, 1.82) is 10.8 Å². The number of amides is 1. The maximum absolute atomic E-state index is 12.2. The molecule has 154 valence electrons. The normalized spacial score (nSPS) is 17.2. The average Bonchev–Trinajstić information content (AvgIpc) is 3.05. The topological polar surface area (TPSA) is 115 Å². The second-order valence-electron chi connectivity index (χ2n) is 7.61. The van der Waals surface area contributed by atoms with E-state index in [4.69, 9.17) is 10.8 Å². The fourth-order valence-corrected chi connectivity index (χ4v) is 4.38. The highest BCUT2D eigenvalue weighted by Crippen LogP contribution is 2.44. The molecule has 2 aromatic rings. The Balaban J connectivity index is 1.46. The molecule has 30 heavy (non-hydrogen) atoms. The lowest BCUT2D eigenvalue weighted by molar-refractivity contribution is 0.0917. The van der Waals surface area contributed by atoms with Gasteiger partial charge in [-0.05, 0) is 56.4 Å². The predicted molar refractivity (Wildman–Crippen MR) is 120 cm³/mol. The third-order valence-corrected chi connectivity index (χ3v) is 6.52. The monoisotopic (exact) mass is 420 g/mol. The Morgan fingerprint density at radius 1 is 1.20 bits per heavy atom. The number of anilines is 1. The van der Waals surface area contributed by atoms with Gasteiger partial charge in [0.2, 0.25) is 0 Å². The second kappa shape index (κ2) is 8.39. The molecule has 0 radical (unpaired) electrons. The smallest absolute Gasteiger partial charge is 0.251 e. The number of rotatable bonds is 6. The first-order valence-corrected chi connectivity index (χ1v) is 10.8. The highest BCUT2D eigenvalue weighted by atomic mass is 32.2. The number of carbonyl (C=O) groups is 1. The van der Waals surface area contributed by atoms with Crippen molar-refractivity contribution < 1.29 is 4.79 Å². The van der Waals surface area contributed by atoms with Gasteiger partial charge in [-0.1, -0.05) is 23.9 Å². The molecule has 8 heteroatoms. The summed E-state index contributed by atoms with van der Waals surface area (Å²) in [4.78, 5) is 21.8. The van der Waals surface area contributed by atoms with Gasteiger partial charge in [0, 0.05) is 29.4 Å². The van der Waals surface area contributed by atoms with E-state index >= 15 is 0 Å². The summed E-state index contributed by atoms with van der Waals surface area (Å²) in [5.41, 5.74) is 4.29. The fourth-order valence-electron chi connectivity index (χ4n) is 3.35. The first-order chi connectivity index (χ1) is 14.4. The highest BCUT2D eigenvalue weighted by Gasteiger charge is 2.29. The van der Waals surface area contributed by atoms with Crippen molar-refractivity contribution in [2.45, 2.75) is 50.6 Å². The molecule has 1 aliphatic carbocycles. The molecule has 2 aliphatic rings. The Hall–Kier alpha value is -3.00. The Kier molecular flexibility index (Phi) is 5.67. The zero-order valence-electron chi connectivity index (χ0n) is 17.0. The van der Waals surface area contributed by atoms with Crippen molar-refractivity contribution in [3.8, 4) is 0 Å². The van der Waals surface area contributed by atoms with E-state index < -0.39 is 0 Å². The van der Waals surface area contributed by atoms with Gasteiger partial charge in [0.1, 0.15) is 17.2 Å². The summed E-state index contributed by atoms with van der Waals surface area (Å²) in [5, 5.41) is 23.0. The summed E-state index contributed by atoms with van der Waals surface area (Å²) in [6, 6.07) is 7.89. The lowest BCUT2D eigenvalue weighted by atomic mass is 9.93. The minimum absolute atomic E-state index is 0.0149. The van der Waals surface area contributed by atoms with Gasteiger partial charge in [0.25, 0.3) is 5.91 Å². The van der Waals surface area contributed by atoms with Gasteiger partial charge in [-0.15, -0.1) is 0 Å². The van der Waals surface area contributed by atoms with Crippen LogP contribution in [-0.2, 0) is 6.54 Å². The van der Waals surface area contributed by atoms with Crippen molar-refractivity contribution in [3.05, 3.63) is 53.0 Å². The van der Waals surface area contributed by atoms with E-state index in [1.807, 2.05) is 31.2 Å². The van der Waals surface area contributed by atoms with Gasteiger partial charge in [0.15, 0.2) is 0 Å². The molecule has 1 aliphatic heterocycles. The third kappa shape index (κ3) is 4.00. The quantitative estimate of drug-likeness (QED) is 0.521. The Labute approximate surface area is 179 Å². The molecular formula is C22H24N6OS. The minimum atomic E-state index is -0.0149. The van der Waals surface area contributed by atoms with E-state index in [0.29, 0.717) is 46.0 Å². The van der Waals surface area contributed by atoms with Crippen LogP contribution in [0.2, 0.25) is 0 Å². The second-order valence-corrected chi connectivity index (χ2v) is 8.63. The Morgan fingerprint density at radius 2 is 1.93 bits per heavy atom. The SMILES string of the molecule is CC(=N)/C(C)=C1\C(=N)Sc2c(NCc3ccc(C(=O)NC4CCC4)cc3)ncnc21. The number of thioether (sulfide) groups is 1. The first kappa shape index (κ1) is 20.3. The zero-order valence-corrected chi connectivity index (χ0v) is 17.8. The summed E-state index contributed by atoms with van der Waals surface area (Å²) in [5.74, 6) is 0.658. The molecule has 4 N–H and O–H groups in total. The molecule has 0 atom stereocenters. The van der Waals surface area contributed by atoms with Gasteiger partial charge in [0.05, 0.1) is 10.6 Å². The molecule has 4 rings (SSSR count). The van der Waals surface area contributed by atoms with Crippen LogP contribution in [-0.4, -0.2) is 32.7 Å². The lowest BCUT2D eigenvalue weighted by Crippen LogP contribution is -2.39. The molecule has 0 saturated heterocycles. The number of nitrogens with zero attached hydrogens (tertiary/aromatic N) is 2. The van der Waals surface area contributed by atoms with Crippen molar-refractivity contribution in [2.24, 2.45) is 0 Å². The molecule has 1 saturated carbocycles. The molecule has 0 bridgehead atoms. The van der Waals surface area contributed by atoms with Crippen LogP contribution in [0.5, 0.6) is 0 Å². The number of nitrogens with one attached hydrogen (secondary N) is 4. The molecule has 1 aromatic heterocycles. The number of aromatic nitrogens is 2. The maximum Gasteiger partial charge on any atom is 0.251 e. The zero-order chi connectivity index (χ0) is 21.3. The summed E-state index contributed by atoms with van der Waals surface area (Å²) in [6.07, 6.45) is 4.82. The fraction of sp³-hybridized carbons (Fsp3) is 0.318. The Morgan fingerprint density at radius 3 is 2.57 bits per heavy atom. The van der Waals surface area contributed by atoms with E-state index in [1.165, 1.54) is 24.5 Å². The number of allylic oxidation sites excluding steroid dienone is 1. The standard InChI is InChI=1S/C22H24N6OS/c1-12(13(2)23)17-18-19(30-20(17)24)21(27-11-26-18)25-10-14-6-8-15(9-7-14)22(29)28-16-4-3-5-16/h6-9,11,16,23-24H,3-5,10H2,1-2H3,(H,28,29)(H,25,26,27)/b17-12-,23-13?,24-20?. The van der Waals surface area contributed by atoms with E-state index in [1.54, 1.807) is 6.92 Å². The van der Waals surface area contributed by atoms with E-state index in [0.717, 1.165) is 28.9 Å². The van der Waals surface area contributed by atoms with Crippen LogP contribution in [0, 0.1) is 10.8 Å². The van der Waals surface area contributed by atoms with Crippen LogP contribution in [0.4, 0.5) is 5.82 Å². The summed E-state index contributed by atoms with van der Waals surface area (Å²) >= 11 is 1.31. The van der Waals surface area contributed by atoms with Gasteiger partial charge >= 0.3 is 0 Å². The van der Waals surface area contributed by atoms with Gasteiger partial charge < -0.3 is 16.0 Å². The van der Waals surface area contributed by atoms with Crippen molar-refractivity contribution in [3.63, 3.8) is 0 Å². The first-order valence-electron chi connectivity index (χ1n) is 9.96. The number of fused-ring (bicyclic) bond motifs is 1. The molecule has 1 aromatic carbocycles. The van der Waals surface area contributed by atoms with Crippen LogP contribution in [0.15, 0.2) is 41.1 Å². The number of hydrogen-bond acceptors (Lipinski definition) is 7.